The summed E-state index contributed by atoms with van der Waals surface area (Å²) < 4.78 is 8.55. The fraction of sp³-hybridized carbons (Fsp3) is 0.450. The number of imidazole rings is 1. The molecule has 3 rings (SSSR count). The van der Waals surface area contributed by atoms with Crippen molar-refractivity contribution in [2.24, 2.45) is 0 Å². The van der Waals surface area contributed by atoms with Crippen molar-refractivity contribution in [3.63, 3.8) is 0 Å². The van der Waals surface area contributed by atoms with Gasteiger partial charge in [-0.15, -0.1) is 11.3 Å². The average Bonchev–Trinajstić information content (AvgIpc) is 3.29. The van der Waals surface area contributed by atoms with Crippen LogP contribution in [0, 0.1) is 0 Å². The van der Waals surface area contributed by atoms with E-state index in [2.05, 4.69) is 30.7 Å². The van der Waals surface area contributed by atoms with E-state index in [1.807, 2.05) is 36.0 Å². The van der Waals surface area contributed by atoms with Crippen LogP contribution in [0.25, 0.3) is 16.1 Å². The molecule has 0 unspecified atom stereocenters. The van der Waals surface area contributed by atoms with Crippen molar-refractivity contribution in [2.75, 3.05) is 0 Å². The Morgan fingerprint density at radius 1 is 1.22 bits per heavy atom. The zero-order valence-electron chi connectivity index (χ0n) is 16.5. The number of carbonyl (C=O) groups is 1. The van der Waals surface area contributed by atoms with E-state index in [9.17, 15) is 4.79 Å². The second kappa shape index (κ2) is 8.46. The maximum atomic E-state index is 12.6. The Kier molecular flexibility index (Phi) is 6.24. The second-order valence-corrected chi connectivity index (χ2v) is 12.5. The van der Waals surface area contributed by atoms with Gasteiger partial charge in [-0.3, -0.25) is 14.2 Å². The first kappa shape index (κ1) is 19.9. The van der Waals surface area contributed by atoms with E-state index in [1.54, 1.807) is 6.20 Å². The monoisotopic (exact) mass is 401 g/mol. The molecule has 3 aromatic rings. The summed E-state index contributed by atoms with van der Waals surface area (Å²) in [5.74, 6) is 0.163. The molecule has 0 atom stereocenters. The molecule has 144 valence electrons. The van der Waals surface area contributed by atoms with Crippen LogP contribution in [0.3, 0.4) is 0 Å². The van der Waals surface area contributed by atoms with Crippen molar-refractivity contribution in [1.82, 2.24) is 14.4 Å². The molecule has 0 spiro atoms. The SMILES string of the molecule is CCC(=O)c1sc2c(-c3cccnc3)ncn2c1CO[Si](CC)(CC)CC. The molecule has 0 radical (unpaired) electrons. The summed E-state index contributed by atoms with van der Waals surface area (Å²) in [5.41, 5.74) is 2.77. The lowest BCUT2D eigenvalue weighted by Gasteiger charge is -2.28. The minimum absolute atomic E-state index is 0.163. The zero-order valence-corrected chi connectivity index (χ0v) is 18.3. The van der Waals surface area contributed by atoms with Crippen LogP contribution in [0.15, 0.2) is 30.9 Å². The van der Waals surface area contributed by atoms with Gasteiger partial charge in [-0.25, -0.2) is 4.98 Å². The fourth-order valence-corrected chi connectivity index (χ4v) is 7.19. The van der Waals surface area contributed by atoms with E-state index < -0.39 is 8.32 Å². The van der Waals surface area contributed by atoms with Crippen molar-refractivity contribution in [2.45, 2.75) is 58.9 Å². The summed E-state index contributed by atoms with van der Waals surface area (Å²) >= 11 is 1.52. The molecule has 0 aliphatic rings. The minimum Gasteiger partial charge on any atom is -0.411 e. The first-order valence-electron chi connectivity index (χ1n) is 9.65. The number of nitrogens with zero attached hydrogens (tertiary/aromatic N) is 3. The molecule has 0 aromatic carbocycles. The quantitative estimate of drug-likeness (QED) is 0.347. The Morgan fingerprint density at radius 2 is 1.96 bits per heavy atom. The number of pyridine rings is 1. The maximum Gasteiger partial charge on any atom is 0.192 e. The van der Waals surface area contributed by atoms with Crippen molar-refractivity contribution in [3.8, 4) is 11.3 Å². The molecule has 0 fully saturated rings. The summed E-state index contributed by atoms with van der Waals surface area (Å²) in [7, 11) is -1.74. The van der Waals surface area contributed by atoms with Crippen molar-refractivity contribution in [3.05, 3.63) is 41.4 Å². The van der Waals surface area contributed by atoms with Crippen LogP contribution >= 0.6 is 11.3 Å². The van der Waals surface area contributed by atoms with Crippen LogP contribution in [-0.4, -0.2) is 28.5 Å². The summed E-state index contributed by atoms with van der Waals surface area (Å²) in [4.78, 5) is 23.2. The molecule has 0 saturated heterocycles. The highest BCUT2D eigenvalue weighted by Crippen LogP contribution is 2.34. The summed E-state index contributed by atoms with van der Waals surface area (Å²) in [6.45, 7) is 9.05. The van der Waals surface area contributed by atoms with Gasteiger partial charge in [-0.05, 0) is 30.3 Å². The highest BCUT2D eigenvalue weighted by Gasteiger charge is 2.30. The molecule has 5 nitrogen and oxygen atoms in total. The molecule has 27 heavy (non-hydrogen) atoms. The standard InChI is InChI=1S/C20H27N3O2SSi/c1-5-17(24)19-16(13-25-27(6-2,7-3)8-4)23-14-22-18(20(23)26-19)15-10-9-11-21-12-15/h9-12,14H,5-8,13H2,1-4H3. The molecule has 0 aliphatic heterocycles. The van der Waals surface area contributed by atoms with Crippen LogP contribution in [0.1, 0.15) is 49.5 Å². The van der Waals surface area contributed by atoms with Gasteiger partial charge in [0.2, 0.25) is 0 Å². The number of aromatic nitrogens is 3. The molecule has 0 amide bonds. The third kappa shape index (κ3) is 3.76. The highest BCUT2D eigenvalue weighted by molar-refractivity contribution is 7.20. The number of thiazole rings is 1. The van der Waals surface area contributed by atoms with E-state index >= 15 is 0 Å². The maximum absolute atomic E-state index is 12.6. The predicted octanol–water partition coefficient (Wildman–Crippen LogP) is 5.57. The minimum atomic E-state index is -1.74. The van der Waals surface area contributed by atoms with E-state index in [0.29, 0.717) is 13.0 Å². The summed E-state index contributed by atoms with van der Waals surface area (Å²) in [6.07, 6.45) is 5.86. The van der Waals surface area contributed by atoms with Crippen LogP contribution in [-0.2, 0) is 11.0 Å². The Labute approximate surface area is 165 Å². The van der Waals surface area contributed by atoms with Crippen LogP contribution in [0.5, 0.6) is 0 Å². The highest BCUT2D eigenvalue weighted by atomic mass is 32.1. The molecule has 0 saturated carbocycles. The lowest BCUT2D eigenvalue weighted by molar-refractivity contribution is 0.0989. The van der Waals surface area contributed by atoms with Gasteiger partial charge in [0.25, 0.3) is 0 Å². The topological polar surface area (TPSA) is 56.5 Å². The van der Waals surface area contributed by atoms with Gasteiger partial charge in [-0.2, -0.15) is 0 Å². The number of hydrogen-bond acceptors (Lipinski definition) is 5. The molecule has 7 heteroatoms. The van der Waals surface area contributed by atoms with Gasteiger partial charge < -0.3 is 4.43 Å². The summed E-state index contributed by atoms with van der Waals surface area (Å²) in [6, 6.07) is 7.18. The third-order valence-electron chi connectivity index (χ3n) is 5.43. The Hall–Kier alpha value is -1.83. The molecule has 0 bridgehead atoms. The van der Waals surface area contributed by atoms with Crippen LogP contribution < -0.4 is 0 Å². The van der Waals surface area contributed by atoms with Gasteiger partial charge in [0.05, 0.1) is 17.2 Å². The van der Waals surface area contributed by atoms with E-state index in [1.165, 1.54) is 11.3 Å². The predicted molar refractivity (Wildman–Crippen MR) is 113 cm³/mol. The zero-order chi connectivity index (χ0) is 19.4. The lowest BCUT2D eigenvalue weighted by Crippen LogP contribution is -2.35. The number of rotatable bonds is 9. The molecule has 0 aliphatic carbocycles. The van der Waals surface area contributed by atoms with Gasteiger partial charge in [0.15, 0.2) is 14.1 Å². The van der Waals surface area contributed by atoms with E-state index in [4.69, 9.17) is 4.43 Å². The van der Waals surface area contributed by atoms with Crippen molar-refractivity contribution >= 4 is 30.3 Å². The van der Waals surface area contributed by atoms with Gasteiger partial charge in [0, 0.05) is 24.4 Å². The average molecular weight is 402 g/mol. The van der Waals surface area contributed by atoms with Gasteiger partial charge in [0.1, 0.15) is 16.9 Å². The number of ketones is 1. The molecule has 3 aromatic heterocycles. The molecule has 0 N–H and O–H groups in total. The molecular weight excluding hydrogens is 374 g/mol. The number of fused-ring (bicyclic) bond motifs is 1. The Morgan fingerprint density at radius 3 is 2.56 bits per heavy atom. The summed E-state index contributed by atoms with van der Waals surface area (Å²) in [5, 5.41) is 0. The Bertz CT molecular complexity index is 908. The number of Topliss-reactive ketones (excluding diaryl/α,β-unsaturated/α-hetero) is 1. The van der Waals surface area contributed by atoms with Gasteiger partial charge in [-0.1, -0.05) is 27.7 Å². The first-order valence-corrected chi connectivity index (χ1v) is 13.0. The number of carbonyl (C=O) groups excluding carboxylic acids is 1. The van der Waals surface area contributed by atoms with Crippen LogP contribution in [0.2, 0.25) is 18.1 Å². The molecule has 3 heterocycles. The number of hydrogen-bond donors (Lipinski definition) is 0. The van der Waals surface area contributed by atoms with Crippen molar-refractivity contribution < 1.29 is 9.22 Å². The smallest absolute Gasteiger partial charge is 0.192 e. The first-order chi connectivity index (χ1) is 13.1. The van der Waals surface area contributed by atoms with Gasteiger partial charge >= 0.3 is 0 Å². The molecular formula is C20H27N3O2SSi. The van der Waals surface area contributed by atoms with Crippen LogP contribution in [0.4, 0.5) is 0 Å². The fourth-order valence-electron chi connectivity index (χ4n) is 3.38. The van der Waals surface area contributed by atoms with E-state index in [0.717, 1.165) is 44.8 Å². The van der Waals surface area contributed by atoms with E-state index in [-0.39, 0.29) is 5.78 Å². The normalized spacial score (nSPS) is 12.0. The second-order valence-electron chi connectivity index (χ2n) is 6.70. The third-order valence-corrected chi connectivity index (χ3v) is 11.3. The lowest BCUT2D eigenvalue weighted by atomic mass is 10.2. The van der Waals surface area contributed by atoms with Crippen molar-refractivity contribution in [1.29, 1.82) is 0 Å². The Balaban J connectivity index is 2.05. The largest absolute Gasteiger partial charge is 0.411 e.